The number of carbonyl (C=O) groups is 1. The van der Waals surface area contributed by atoms with Crippen LogP contribution in [0.4, 0.5) is 24.5 Å². The van der Waals surface area contributed by atoms with Crippen LogP contribution in [0.2, 0.25) is 0 Å². The SMILES string of the molecule is CCS(=O)(=O)Nc1cc(N2CCc3cc(-c4ccc(OC(F)(F)F)cc4)ccc3C2=O)ccc1O. The number of alkyl halides is 3. The highest BCUT2D eigenvalue weighted by atomic mass is 32.2. The number of nitrogens with one attached hydrogen (secondary N) is 1. The van der Waals surface area contributed by atoms with Crippen molar-refractivity contribution in [2.45, 2.75) is 19.7 Å². The number of benzene rings is 3. The van der Waals surface area contributed by atoms with Gasteiger partial charge in [-0.2, -0.15) is 0 Å². The van der Waals surface area contributed by atoms with Crippen LogP contribution in [0.1, 0.15) is 22.8 Å². The third kappa shape index (κ3) is 5.51. The molecule has 0 bridgehead atoms. The van der Waals surface area contributed by atoms with Crippen molar-refractivity contribution >= 4 is 27.3 Å². The number of rotatable bonds is 6. The van der Waals surface area contributed by atoms with Crippen molar-refractivity contribution in [1.82, 2.24) is 0 Å². The largest absolute Gasteiger partial charge is 0.573 e. The molecule has 11 heteroatoms. The lowest BCUT2D eigenvalue weighted by Gasteiger charge is -2.29. The molecule has 3 aromatic rings. The van der Waals surface area contributed by atoms with Crippen LogP contribution in [0.15, 0.2) is 60.7 Å². The van der Waals surface area contributed by atoms with Gasteiger partial charge in [0.2, 0.25) is 10.0 Å². The Kier molecular flexibility index (Phi) is 6.37. The van der Waals surface area contributed by atoms with Crippen LogP contribution in [0.5, 0.6) is 11.5 Å². The Balaban J connectivity index is 1.57. The van der Waals surface area contributed by atoms with E-state index in [-0.39, 0.29) is 28.8 Å². The van der Waals surface area contributed by atoms with E-state index in [4.69, 9.17) is 0 Å². The summed E-state index contributed by atoms with van der Waals surface area (Å²) in [4.78, 5) is 14.7. The molecule has 0 unspecified atom stereocenters. The quantitative estimate of drug-likeness (QED) is 0.463. The van der Waals surface area contributed by atoms with Crippen molar-refractivity contribution in [2.24, 2.45) is 0 Å². The standard InChI is InChI=1S/C24H21F3N2O5S/c1-2-35(32,33)28-21-14-18(6-10-22(21)30)29-12-11-17-13-16(5-9-20(17)23(29)31)15-3-7-19(8-4-15)34-24(25,26)27/h3-10,13-14,28,30H,2,11-12H2,1H3. The molecule has 0 fully saturated rings. The summed E-state index contributed by atoms with van der Waals surface area (Å²) in [6.07, 6.45) is -4.26. The Bertz CT molecular complexity index is 1370. The topological polar surface area (TPSA) is 95.9 Å². The van der Waals surface area contributed by atoms with Crippen molar-refractivity contribution < 1.29 is 36.2 Å². The molecule has 7 nitrogen and oxygen atoms in total. The van der Waals surface area contributed by atoms with Crippen LogP contribution in [-0.2, 0) is 16.4 Å². The molecule has 0 saturated carbocycles. The summed E-state index contributed by atoms with van der Waals surface area (Å²) in [5, 5.41) is 10.0. The van der Waals surface area contributed by atoms with Gasteiger partial charge in [-0.05, 0) is 66.4 Å². The molecule has 4 rings (SSSR count). The Labute approximate surface area is 199 Å². The number of phenols is 1. The lowest BCUT2D eigenvalue weighted by atomic mass is 9.93. The zero-order valence-electron chi connectivity index (χ0n) is 18.5. The van der Waals surface area contributed by atoms with E-state index in [1.807, 2.05) is 6.07 Å². The van der Waals surface area contributed by atoms with Crippen LogP contribution in [-0.4, -0.2) is 38.1 Å². The van der Waals surface area contributed by atoms with E-state index in [2.05, 4.69) is 9.46 Å². The predicted octanol–water partition coefficient (Wildman–Crippen LogP) is 4.92. The van der Waals surface area contributed by atoms with Crippen LogP contribution >= 0.6 is 0 Å². The number of amides is 1. The average Bonchev–Trinajstić information content (AvgIpc) is 2.80. The second kappa shape index (κ2) is 9.14. The van der Waals surface area contributed by atoms with Gasteiger partial charge in [-0.1, -0.05) is 24.3 Å². The molecule has 0 aliphatic carbocycles. The minimum Gasteiger partial charge on any atom is -0.506 e. The van der Waals surface area contributed by atoms with Crippen molar-refractivity contribution in [3.05, 3.63) is 71.8 Å². The number of carbonyl (C=O) groups excluding carboxylic acids is 1. The molecule has 1 heterocycles. The van der Waals surface area contributed by atoms with Crippen molar-refractivity contribution in [1.29, 1.82) is 0 Å². The van der Waals surface area contributed by atoms with Gasteiger partial charge in [-0.3, -0.25) is 9.52 Å². The van der Waals surface area contributed by atoms with Crippen LogP contribution < -0.4 is 14.4 Å². The van der Waals surface area contributed by atoms with Crippen molar-refractivity contribution in [3.8, 4) is 22.6 Å². The minimum absolute atomic E-state index is 0.0174. The molecule has 0 spiro atoms. The van der Waals surface area contributed by atoms with E-state index in [0.29, 0.717) is 29.8 Å². The first-order valence-electron chi connectivity index (χ1n) is 10.6. The fraction of sp³-hybridized carbons (Fsp3) is 0.208. The molecular weight excluding hydrogens is 485 g/mol. The maximum Gasteiger partial charge on any atom is 0.573 e. The summed E-state index contributed by atoms with van der Waals surface area (Å²) in [7, 11) is -3.62. The van der Waals surface area contributed by atoms with Crippen molar-refractivity contribution in [2.75, 3.05) is 21.9 Å². The second-order valence-electron chi connectivity index (χ2n) is 7.86. The maximum absolute atomic E-state index is 13.2. The molecule has 1 aliphatic heterocycles. The van der Waals surface area contributed by atoms with Gasteiger partial charge >= 0.3 is 6.36 Å². The second-order valence-corrected chi connectivity index (χ2v) is 9.87. The number of sulfonamides is 1. The number of nitrogens with zero attached hydrogens (tertiary/aromatic N) is 1. The van der Waals surface area contributed by atoms with Gasteiger partial charge in [0, 0.05) is 17.8 Å². The summed E-state index contributed by atoms with van der Waals surface area (Å²) < 4.78 is 67.1. The highest BCUT2D eigenvalue weighted by molar-refractivity contribution is 7.92. The number of phenolic OH excluding ortho intramolecular Hbond substituents is 1. The first-order chi connectivity index (χ1) is 16.5. The molecule has 1 amide bonds. The van der Waals surface area contributed by atoms with E-state index < -0.39 is 16.4 Å². The lowest BCUT2D eigenvalue weighted by Crippen LogP contribution is -2.37. The number of aromatic hydroxyl groups is 1. The number of halogens is 3. The molecule has 0 radical (unpaired) electrons. The van der Waals surface area contributed by atoms with Crippen LogP contribution in [0.25, 0.3) is 11.1 Å². The Hall–Kier alpha value is -3.73. The van der Waals surface area contributed by atoms with Gasteiger partial charge in [0.25, 0.3) is 5.91 Å². The summed E-state index contributed by atoms with van der Waals surface area (Å²) in [5.74, 6) is -1.04. The number of hydrogen-bond acceptors (Lipinski definition) is 5. The number of ether oxygens (including phenoxy) is 1. The Morgan fingerprint density at radius 2 is 1.71 bits per heavy atom. The first-order valence-corrected chi connectivity index (χ1v) is 12.3. The number of hydrogen-bond donors (Lipinski definition) is 2. The van der Waals surface area contributed by atoms with Gasteiger partial charge in [0.1, 0.15) is 11.5 Å². The molecule has 35 heavy (non-hydrogen) atoms. The summed E-state index contributed by atoms with van der Waals surface area (Å²) in [6, 6.07) is 14.9. The summed E-state index contributed by atoms with van der Waals surface area (Å²) in [5.41, 5.74) is 3.06. The predicted molar refractivity (Wildman–Crippen MR) is 125 cm³/mol. The fourth-order valence-electron chi connectivity index (χ4n) is 3.78. The monoisotopic (exact) mass is 506 g/mol. The highest BCUT2D eigenvalue weighted by Gasteiger charge is 2.31. The van der Waals surface area contributed by atoms with Crippen molar-refractivity contribution in [3.63, 3.8) is 0 Å². The maximum atomic E-state index is 13.2. The Morgan fingerprint density at radius 3 is 2.37 bits per heavy atom. The highest BCUT2D eigenvalue weighted by Crippen LogP contribution is 2.34. The third-order valence-electron chi connectivity index (χ3n) is 5.54. The van der Waals surface area contributed by atoms with Gasteiger partial charge < -0.3 is 14.7 Å². The molecule has 2 N–H and O–H groups in total. The van der Waals surface area contributed by atoms with E-state index in [0.717, 1.165) is 11.1 Å². The molecule has 184 valence electrons. The molecule has 3 aromatic carbocycles. The van der Waals surface area contributed by atoms with Crippen LogP contribution in [0, 0.1) is 0 Å². The molecule has 0 saturated heterocycles. The minimum atomic E-state index is -4.77. The fourth-order valence-corrected chi connectivity index (χ4v) is 4.42. The number of anilines is 2. The summed E-state index contributed by atoms with van der Waals surface area (Å²) in [6.45, 7) is 1.78. The number of fused-ring (bicyclic) bond motifs is 1. The molecule has 1 aliphatic rings. The zero-order valence-corrected chi connectivity index (χ0v) is 19.3. The first kappa shape index (κ1) is 24.4. The molecule has 0 aromatic heterocycles. The summed E-state index contributed by atoms with van der Waals surface area (Å²) >= 11 is 0. The van der Waals surface area contributed by atoms with E-state index in [1.165, 1.54) is 54.3 Å². The van der Waals surface area contributed by atoms with Gasteiger partial charge in [-0.25, -0.2) is 8.42 Å². The molecule has 0 atom stereocenters. The zero-order chi connectivity index (χ0) is 25.4. The smallest absolute Gasteiger partial charge is 0.506 e. The van der Waals surface area contributed by atoms with E-state index >= 15 is 0 Å². The lowest BCUT2D eigenvalue weighted by molar-refractivity contribution is -0.274. The van der Waals surface area contributed by atoms with E-state index in [9.17, 15) is 31.5 Å². The van der Waals surface area contributed by atoms with Gasteiger partial charge in [0.15, 0.2) is 0 Å². The normalized spacial score (nSPS) is 13.9. The Morgan fingerprint density at radius 1 is 1.03 bits per heavy atom. The molecular formula is C24H21F3N2O5S. The van der Waals surface area contributed by atoms with E-state index in [1.54, 1.807) is 12.1 Å². The van der Waals surface area contributed by atoms with Gasteiger partial charge in [0.05, 0.1) is 11.4 Å². The average molecular weight is 507 g/mol. The van der Waals surface area contributed by atoms with Gasteiger partial charge in [-0.15, -0.1) is 13.2 Å². The third-order valence-corrected chi connectivity index (χ3v) is 6.84. The van der Waals surface area contributed by atoms with Crippen LogP contribution in [0.3, 0.4) is 0 Å².